The van der Waals surface area contributed by atoms with Crippen LogP contribution in [0, 0.1) is 5.92 Å². The summed E-state index contributed by atoms with van der Waals surface area (Å²) in [6, 6.07) is 0.572. The lowest BCUT2D eigenvalue weighted by Gasteiger charge is -2.38. The highest BCUT2D eigenvalue weighted by molar-refractivity contribution is 7.99. The van der Waals surface area contributed by atoms with E-state index in [4.69, 9.17) is 0 Å². The summed E-state index contributed by atoms with van der Waals surface area (Å²) in [5, 5.41) is 7.81. The van der Waals surface area contributed by atoms with Crippen molar-refractivity contribution in [3.63, 3.8) is 0 Å². The van der Waals surface area contributed by atoms with E-state index in [2.05, 4.69) is 33.3 Å². The molecule has 0 bridgehead atoms. The molecular formula is C14H25ClN4S. The number of thioether (sulfide) groups is 1. The van der Waals surface area contributed by atoms with Gasteiger partial charge in [0.15, 0.2) is 0 Å². The quantitative estimate of drug-likeness (QED) is 0.924. The maximum atomic E-state index is 4.34. The maximum Gasteiger partial charge on any atom is 0.0537 e. The van der Waals surface area contributed by atoms with Crippen LogP contribution < -0.4 is 5.32 Å². The van der Waals surface area contributed by atoms with Crippen LogP contribution in [0.15, 0.2) is 12.4 Å². The summed E-state index contributed by atoms with van der Waals surface area (Å²) in [6.45, 7) is 4.89. The van der Waals surface area contributed by atoms with E-state index in [-0.39, 0.29) is 12.4 Å². The first-order chi connectivity index (χ1) is 9.33. The minimum absolute atomic E-state index is 0. The molecule has 114 valence electrons. The van der Waals surface area contributed by atoms with E-state index in [1.807, 2.05) is 17.9 Å². The summed E-state index contributed by atoms with van der Waals surface area (Å²) < 4.78 is 1.93. The lowest BCUT2D eigenvalue weighted by Crippen LogP contribution is -2.41. The molecule has 0 saturated carbocycles. The van der Waals surface area contributed by atoms with Crippen LogP contribution in [-0.2, 0) is 7.05 Å². The van der Waals surface area contributed by atoms with E-state index in [9.17, 15) is 0 Å². The van der Waals surface area contributed by atoms with Gasteiger partial charge < -0.3 is 5.32 Å². The lowest BCUT2D eigenvalue weighted by atomic mass is 9.96. The van der Waals surface area contributed by atoms with Crippen LogP contribution in [0.3, 0.4) is 0 Å². The Morgan fingerprint density at radius 1 is 1.40 bits per heavy atom. The van der Waals surface area contributed by atoms with Gasteiger partial charge in [-0.2, -0.15) is 16.9 Å². The van der Waals surface area contributed by atoms with E-state index in [1.54, 1.807) is 0 Å². The van der Waals surface area contributed by atoms with Gasteiger partial charge in [0.1, 0.15) is 0 Å². The first kappa shape index (κ1) is 16.1. The predicted octanol–water partition coefficient (Wildman–Crippen LogP) is 1.93. The Hall–Kier alpha value is -0.230. The Balaban J connectivity index is 0.00000147. The number of piperidine rings is 1. The van der Waals surface area contributed by atoms with E-state index < -0.39 is 0 Å². The van der Waals surface area contributed by atoms with Gasteiger partial charge in [0.2, 0.25) is 0 Å². The first-order valence-electron chi connectivity index (χ1n) is 7.34. The van der Waals surface area contributed by atoms with Crippen LogP contribution in [0.1, 0.15) is 24.4 Å². The topological polar surface area (TPSA) is 33.1 Å². The van der Waals surface area contributed by atoms with Crippen LogP contribution in [-0.4, -0.2) is 52.4 Å². The minimum Gasteiger partial charge on any atom is -0.317 e. The average molecular weight is 317 g/mol. The Kier molecular flexibility index (Phi) is 6.20. The van der Waals surface area contributed by atoms with Crippen molar-refractivity contribution in [2.45, 2.75) is 18.9 Å². The van der Waals surface area contributed by atoms with Crippen LogP contribution in [0.25, 0.3) is 0 Å². The third kappa shape index (κ3) is 3.91. The average Bonchev–Trinajstić information content (AvgIpc) is 2.87. The minimum atomic E-state index is 0. The molecule has 2 saturated heterocycles. The molecule has 0 amide bonds. The van der Waals surface area contributed by atoms with Crippen molar-refractivity contribution >= 4 is 24.2 Å². The van der Waals surface area contributed by atoms with Gasteiger partial charge in [0.25, 0.3) is 0 Å². The van der Waals surface area contributed by atoms with Gasteiger partial charge in [0, 0.05) is 49.4 Å². The molecule has 20 heavy (non-hydrogen) atoms. The third-order valence-electron chi connectivity index (χ3n) is 4.30. The molecule has 2 aliphatic rings. The Morgan fingerprint density at radius 2 is 2.20 bits per heavy atom. The summed E-state index contributed by atoms with van der Waals surface area (Å²) in [6.07, 6.45) is 6.91. The van der Waals surface area contributed by atoms with Gasteiger partial charge in [-0.1, -0.05) is 0 Å². The van der Waals surface area contributed by atoms with Crippen molar-refractivity contribution < 1.29 is 0 Å². The monoisotopic (exact) mass is 316 g/mol. The van der Waals surface area contributed by atoms with E-state index in [1.165, 1.54) is 56.1 Å². The number of rotatable bonds is 3. The lowest BCUT2D eigenvalue weighted by molar-refractivity contribution is 0.168. The Bertz CT molecular complexity index is 406. The van der Waals surface area contributed by atoms with Crippen molar-refractivity contribution in [2.24, 2.45) is 13.0 Å². The van der Waals surface area contributed by atoms with Gasteiger partial charge in [-0.25, -0.2) is 0 Å². The summed E-state index contributed by atoms with van der Waals surface area (Å²) in [5.74, 6) is 3.38. The van der Waals surface area contributed by atoms with E-state index in [0.717, 1.165) is 5.92 Å². The molecule has 1 aromatic heterocycles. The number of nitrogens with one attached hydrogen (secondary N) is 1. The molecular weight excluding hydrogens is 292 g/mol. The second-order valence-corrected chi connectivity index (χ2v) is 6.88. The zero-order valence-electron chi connectivity index (χ0n) is 12.1. The zero-order valence-corrected chi connectivity index (χ0v) is 13.8. The van der Waals surface area contributed by atoms with Crippen LogP contribution >= 0.6 is 24.2 Å². The molecule has 1 unspecified atom stereocenters. The molecule has 0 aliphatic carbocycles. The summed E-state index contributed by atoms with van der Waals surface area (Å²) >= 11 is 2.08. The van der Waals surface area contributed by atoms with Gasteiger partial charge in [-0.05, 0) is 31.8 Å². The molecule has 1 aromatic rings. The number of aryl methyl sites for hydroxylation is 1. The molecule has 6 heteroatoms. The van der Waals surface area contributed by atoms with Crippen LogP contribution in [0.4, 0.5) is 0 Å². The maximum absolute atomic E-state index is 4.34. The molecule has 0 spiro atoms. The summed E-state index contributed by atoms with van der Waals surface area (Å²) in [5.41, 5.74) is 1.39. The summed E-state index contributed by atoms with van der Waals surface area (Å²) in [4.78, 5) is 2.70. The normalized spacial score (nSPS) is 25.4. The number of nitrogens with zero attached hydrogens (tertiary/aromatic N) is 3. The number of hydrogen-bond acceptors (Lipinski definition) is 4. The smallest absolute Gasteiger partial charge is 0.0537 e. The highest BCUT2D eigenvalue weighted by Gasteiger charge is 2.27. The van der Waals surface area contributed by atoms with E-state index >= 15 is 0 Å². The largest absolute Gasteiger partial charge is 0.317 e. The SMILES string of the molecule is Cl.Cn1cc(C2CSCCN2CC2CCNCC2)cn1. The van der Waals surface area contributed by atoms with Crippen LogP contribution in [0.2, 0.25) is 0 Å². The van der Waals surface area contributed by atoms with Crippen molar-refractivity contribution in [2.75, 3.05) is 37.7 Å². The van der Waals surface area contributed by atoms with E-state index in [0.29, 0.717) is 6.04 Å². The molecule has 2 fully saturated rings. The fourth-order valence-electron chi connectivity index (χ4n) is 3.17. The van der Waals surface area contributed by atoms with Crippen molar-refractivity contribution in [1.29, 1.82) is 0 Å². The van der Waals surface area contributed by atoms with Crippen molar-refractivity contribution in [3.05, 3.63) is 18.0 Å². The number of aromatic nitrogens is 2. The van der Waals surface area contributed by atoms with Gasteiger partial charge in [-0.15, -0.1) is 12.4 Å². The molecule has 2 aliphatic heterocycles. The highest BCUT2D eigenvalue weighted by Crippen LogP contribution is 2.30. The number of halogens is 1. The molecule has 3 rings (SSSR count). The molecule has 4 nitrogen and oxygen atoms in total. The second kappa shape index (κ2) is 7.69. The number of hydrogen-bond donors (Lipinski definition) is 1. The van der Waals surface area contributed by atoms with Gasteiger partial charge in [0.05, 0.1) is 6.20 Å². The van der Waals surface area contributed by atoms with Crippen molar-refractivity contribution in [3.8, 4) is 0 Å². The van der Waals surface area contributed by atoms with Gasteiger partial charge in [-0.3, -0.25) is 9.58 Å². The third-order valence-corrected chi connectivity index (χ3v) is 5.32. The van der Waals surface area contributed by atoms with Crippen molar-refractivity contribution in [1.82, 2.24) is 20.0 Å². The fraction of sp³-hybridized carbons (Fsp3) is 0.786. The molecule has 3 heterocycles. The standard InChI is InChI=1S/C14H24N4S.ClH/c1-17-10-13(8-16-17)14-11-19-7-6-18(14)9-12-2-4-15-5-3-12;/h8,10,12,14-15H,2-7,9,11H2,1H3;1H. The summed E-state index contributed by atoms with van der Waals surface area (Å²) in [7, 11) is 2.01. The first-order valence-corrected chi connectivity index (χ1v) is 8.49. The van der Waals surface area contributed by atoms with Crippen LogP contribution in [0.5, 0.6) is 0 Å². The second-order valence-electron chi connectivity index (χ2n) is 5.73. The Labute approximate surface area is 132 Å². The Morgan fingerprint density at radius 3 is 2.90 bits per heavy atom. The molecule has 1 atom stereocenters. The fourth-order valence-corrected chi connectivity index (χ4v) is 4.33. The predicted molar refractivity (Wildman–Crippen MR) is 87.7 cm³/mol. The zero-order chi connectivity index (χ0) is 13.1. The molecule has 0 radical (unpaired) electrons. The van der Waals surface area contributed by atoms with Gasteiger partial charge >= 0.3 is 0 Å². The highest BCUT2D eigenvalue weighted by atomic mass is 35.5. The molecule has 0 aromatic carbocycles. The molecule has 1 N–H and O–H groups in total.